The molecule has 0 amide bonds. The summed E-state index contributed by atoms with van der Waals surface area (Å²) in [6.07, 6.45) is 12.8. The van der Waals surface area contributed by atoms with E-state index in [2.05, 4.69) is 73.3 Å². The minimum atomic E-state index is 1.07. The van der Waals surface area contributed by atoms with Gasteiger partial charge < -0.3 is 4.42 Å². The van der Waals surface area contributed by atoms with Crippen molar-refractivity contribution in [2.75, 3.05) is 0 Å². The molecule has 0 aliphatic rings. The van der Waals surface area contributed by atoms with Crippen LogP contribution in [0.15, 0.2) is 116 Å². The SMILES string of the molecule is CC.CC.CC.CC.CC.CC.CC.CC.Cc1cccs1.Cc1ccn(C)n1.Cc1ccoc1.Cc1ccsc1.Cc1cncs1.Cc1cnn(C)c1.Cc1cscn1.Cc1nccs1. The highest BCUT2D eigenvalue weighted by Crippen LogP contribution is 2.04. The number of aromatic nitrogens is 7. The molecule has 380 valence electrons. The molecule has 0 aliphatic heterocycles. The largest absolute Gasteiger partial charge is 0.472 e. The first-order chi connectivity index (χ1) is 31.9. The summed E-state index contributed by atoms with van der Waals surface area (Å²) in [7, 11) is 3.82. The van der Waals surface area contributed by atoms with Gasteiger partial charge in [-0.3, -0.25) is 24.3 Å². The van der Waals surface area contributed by atoms with Crippen molar-refractivity contribution in [3.8, 4) is 0 Å². The Morgan fingerprint density at radius 3 is 1.23 bits per heavy atom. The molecule has 0 fully saturated rings. The summed E-state index contributed by atoms with van der Waals surface area (Å²) < 4.78 is 8.29. The highest BCUT2D eigenvalue weighted by Gasteiger charge is 1.83. The fourth-order valence-electron chi connectivity index (χ4n) is 2.95. The number of thiophene rings is 2. The monoisotopic (exact) mass is 1010 g/mol. The number of hydrogen-bond acceptors (Lipinski definition) is 11. The minimum absolute atomic E-state index is 1.07. The molecule has 0 saturated carbocycles. The van der Waals surface area contributed by atoms with Gasteiger partial charge in [0.05, 0.1) is 40.4 Å². The average Bonchev–Trinajstić information content (AvgIpc) is 4.21. The third kappa shape index (κ3) is 66.6. The molecule has 13 heteroatoms. The zero-order valence-corrected chi connectivity index (χ0v) is 50.6. The predicted molar refractivity (Wildman–Crippen MR) is 309 cm³/mol. The number of aryl methyl sites for hydroxylation is 10. The topological polar surface area (TPSA) is 87.5 Å². The van der Waals surface area contributed by atoms with Crippen molar-refractivity contribution < 1.29 is 4.42 Å². The predicted octanol–water partition coefficient (Wildman–Crippen LogP) is 19.7. The van der Waals surface area contributed by atoms with Crippen LogP contribution in [0.4, 0.5) is 0 Å². The average molecular weight is 1010 g/mol. The Bertz CT molecular complexity index is 1470. The van der Waals surface area contributed by atoms with Gasteiger partial charge in [0, 0.05) is 65.1 Å². The Labute approximate surface area is 427 Å². The van der Waals surface area contributed by atoms with Gasteiger partial charge in [-0.15, -0.1) is 45.3 Å². The van der Waals surface area contributed by atoms with Crippen LogP contribution in [0.3, 0.4) is 0 Å². The van der Waals surface area contributed by atoms with Gasteiger partial charge in [0.2, 0.25) is 0 Å². The van der Waals surface area contributed by atoms with Crippen LogP contribution in [0, 0.1) is 55.4 Å². The molecule has 0 bridgehead atoms. The van der Waals surface area contributed by atoms with Crippen LogP contribution in [-0.4, -0.2) is 34.5 Å². The zero-order chi connectivity index (χ0) is 53.0. The summed E-state index contributed by atoms with van der Waals surface area (Å²) in [6, 6.07) is 10.1. The van der Waals surface area contributed by atoms with E-state index in [1.165, 1.54) is 26.4 Å². The molecule has 0 aromatic carbocycles. The lowest BCUT2D eigenvalue weighted by molar-refractivity contribution is 0.565. The van der Waals surface area contributed by atoms with E-state index in [1.807, 2.05) is 225 Å². The summed E-state index contributed by atoms with van der Waals surface area (Å²) in [5.41, 5.74) is 9.59. The summed E-state index contributed by atoms with van der Waals surface area (Å²) in [6.45, 7) is 48.2. The summed E-state index contributed by atoms with van der Waals surface area (Å²) in [5, 5.41) is 19.4. The molecule has 0 spiro atoms. The molecule has 0 unspecified atom stereocenters. The van der Waals surface area contributed by atoms with Crippen LogP contribution in [0.1, 0.15) is 154 Å². The molecule has 8 aromatic rings. The second kappa shape index (κ2) is 70.0. The number of rotatable bonds is 0. The van der Waals surface area contributed by atoms with Crippen molar-refractivity contribution in [3.05, 3.63) is 155 Å². The molecular formula is C53H97N7OS5. The lowest BCUT2D eigenvalue weighted by Crippen LogP contribution is -1.86. The lowest BCUT2D eigenvalue weighted by Gasteiger charge is -1.79. The molecule has 8 nitrogen and oxygen atoms in total. The highest BCUT2D eigenvalue weighted by molar-refractivity contribution is 7.10. The maximum atomic E-state index is 4.71. The van der Waals surface area contributed by atoms with E-state index >= 15 is 0 Å². The third-order valence-corrected chi connectivity index (χ3v) is 9.05. The van der Waals surface area contributed by atoms with E-state index in [1.54, 1.807) is 84.8 Å². The van der Waals surface area contributed by atoms with Crippen LogP contribution >= 0.6 is 56.7 Å². The fraction of sp³-hybridized carbons (Fsp3) is 0.491. The van der Waals surface area contributed by atoms with Crippen LogP contribution in [0.5, 0.6) is 0 Å². The molecule has 8 aromatic heterocycles. The molecule has 66 heavy (non-hydrogen) atoms. The van der Waals surface area contributed by atoms with Gasteiger partial charge in [-0.05, 0) is 112 Å². The van der Waals surface area contributed by atoms with E-state index in [0.717, 1.165) is 16.4 Å². The molecular weight excluding hydrogens is 911 g/mol. The number of nitrogens with zero attached hydrogens (tertiary/aromatic N) is 7. The smallest absolute Gasteiger partial charge is 0.0931 e. The molecule has 0 N–H and O–H groups in total. The van der Waals surface area contributed by atoms with Crippen molar-refractivity contribution in [3.63, 3.8) is 0 Å². The van der Waals surface area contributed by atoms with Crippen molar-refractivity contribution in [1.82, 2.24) is 34.5 Å². The molecule has 0 radical (unpaired) electrons. The Hall–Kier alpha value is -4.01. The van der Waals surface area contributed by atoms with Gasteiger partial charge in [-0.2, -0.15) is 21.5 Å². The first kappa shape index (κ1) is 79.1. The van der Waals surface area contributed by atoms with Crippen molar-refractivity contribution in [1.29, 1.82) is 0 Å². The van der Waals surface area contributed by atoms with Gasteiger partial charge in [-0.1, -0.05) is 117 Å². The lowest BCUT2D eigenvalue weighted by atomic mass is 10.4. The first-order valence-electron chi connectivity index (χ1n) is 23.4. The molecule has 8 rings (SSSR count). The Morgan fingerprint density at radius 1 is 0.500 bits per heavy atom. The Balaban J connectivity index is -0.0000000930. The molecule has 0 saturated heterocycles. The van der Waals surface area contributed by atoms with E-state index in [9.17, 15) is 0 Å². The van der Waals surface area contributed by atoms with E-state index in [-0.39, 0.29) is 0 Å². The molecule has 8 heterocycles. The van der Waals surface area contributed by atoms with E-state index < -0.39 is 0 Å². The number of furan rings is 1. The Morgan fingerprint density at radius 2 is 1.11 bits per heavy atom. The van der Waals surface area contributed by atoms with Crippen LogP contribution in [0.2, 0.25) is 0 Å². The second-order valence-corrected chi connectivity index (χ2v) is 15.3. The van der Waals surface area contributed by atoms with Crippen LogP contribution < -0.4 is 0 Å². The van der Waals surface area contributed by atoms with E-state index in [4.69, 9.17) is 4.42 Å². The summed E-state index contributed by atoms with van der Waals surface area (Å²) in [4.78, 5) is 14.4. The van der Waals surface area contributed by atoms with Crippen molar-refractivity contribution in [2.45, 2.75) is 166 Å². The fourth-order valence-corrected chi connectivity index (χ4v) is 5.54. The minimum Gasteiger partial charge on any atom is -0.472 e. The summed E-state index contributed by atoms with van der Waals surface area (Å²) >= 11 is 8.48. The van der Waals surface area contributed by atoms with Gasteiger partial charge in [0.25, 0.3) is 0 Å². The first-order valence-corrected chi connectivity index (χ1v) is 27.9. The quantitative estimate of drug-likeness (QED) is 0.150. The standard InChI is InChI=1S/2C5H8N2.C5H6O.2C5H6S.3C4H5NS.8C2H6/c1-5-3-6-7(2)4-5;1-5-3-4-7(2)6-5;2*1-5-2-3-6-4-5;1-5-3-2-4-6-5;1-4-2-6-3-5-4;1-4-2-5-3-6-4;1-4-5-2-3-6-4;8*1-2/h2*3-4H,1-2H3;3*2-4H,1H3;3*2-3H,1H3;8*1-2H3. The Kier molecular flexibility index (Phi) is 83.9. The third-order valence-electron chi connectivity index (χ3n) is 5.34. The van der Waals surface area contributed by atoms with Crippen LogP contribution in [-0.2, 0) is 14.1 Å². The van der Waals surface area contributed by atoms with Gasteiger partial charge in [-0.25, -0.2) is 0 Å². The van der Waals surface area contributed by atoms with Gasteiger partial charge >= 0.3 is 0 Å². The van der Waals surface area contributed by atoms with Crippen LogP contribution in [0.25, 0.3) is 0 Å². The second-order valence-electron chi connectivity index (χ2n) is 10.4. The maximum Gasteiger partial charge on any atom is 0.0931 e. The summed E-state index contributed by atoms with van der Waals surface area (Å²) in [5.74, 6) is 0. The number of thiazole rings is 3. The van der Waals surface area contributed by atoms with E-state index in [0.29, 0.717) is 0 Å². The molecule has 0 aliphatic carbocycles. The van der Waals surface area contributed by atoms with Gasteiger partial charge in [0.15, 0.2) is 0 Å². The molecule has 0 atom stereocenters. The maximum absolute atomic E-state index is 4.71. The van der Waals surface area contributed by atoms with Crippen molar-refractivity contribution >= 4 is 56.7 Å². The normalized spacial score (nSPS) is 7.55. The van der Waals surface area contributed by atoms with Gasteiger partial charge in [0.1, 0.15) is 0 Å². The highest BCUT2D eigenvalue weighted by atomic mass is 32.1. The zero-order valence-electron chi connectivity index (χ0n) is 46.5. The number of hydrogen-bond donors (Lipinski definition) is 0. The van der Waals surface area contributed by atoms with Crippen molar-refractivity contribution in [2.24, 2.45) is 14.1 Å².